The van der Waals surface area contributed by atoms with Gasteiger partial charge in [0.15, 0.2) is 6.04 Å². The summed E-state index contributed by atoms with van der Waals surface area (Å²) in [5, 5.41) is 2.17. The second kappa shape index (κ2) is 7.99. The van der Waals surface area contributed by atoms with Crippen molar-refractivity contribution in [3.05, 3.63) is 28.2 Å². The van der Waals surface area contributed by atoms with Crippen molar-refractivity contribution in [1.82, 2.24) is 5.32 Å². The summed E-state index contributed by atoms with van der Waals surface area (Å²) in [6.07, 6.45) is -0.750. The Morgan fingerprint density at radius 3 is 2.62 bits per heavy atom. The van der Waals surface area contributed by atoms with E-state index in [1.165, 1.54) is 7.11 Å². The number of hydrogen-bond acceptors (Lipinski definition) is 4. The van der Waals surface area contributed by atoms with Crippen molar-refractivity contribution in [2.75, 3.05) is 21.3 Å². The first-order valence-corrected chi connectivity index (χ1v) is 7.21. The molecule has 1 rings (SSSR count). The molecule has 2 atom stereocenters. The number of imide groups is 1. The largest absolute Gasteiger partial charge is 0.496 e. The average molecular weight is 360 g/mol. The standard InChI is InChI=1S/C14H19BrN2O4/c1-9(13(18)16-14(19)21-4)17(2)8-10-7-11(15)5-6-12(10)20-3/h5-7,9H,8H2,1-4H3,(H,16,18,19)/p+1/t9-/m1/s1. The van der Waals surface area contributed by atoms with E-state index >= 15 is 0 Å². The number of carbonyl (C=O) groups excluding carboxylic acids is 2. The van der Waals surface area contributed by atoms with E-state index < -0.39 is 12.1 Å². The number of methoxy groups -OCH3 is 2. The van der Waals surface area contributed by atoms with Crippen LogP contribution in [0.3, 0.4) is 0 Å². The first-order chi connectivity index (χ1) is 9.88. The van der Waals surface area contributed by atoms with E-state index in [2.05, 4.69) is 26.0 Å². The van der Waals surface area contributed by atoms with Crippen LogP contribution in [-0.4, -0.2) is 39.3 Å². The molecule has 1 unspecified atom stereocenters. The Morgan fingerprint density at radius 1 is 1.38 bits per heavy atom. The van der Waals surface area contributed by atoms with Crippen molar-refractivity contribution < 1.29 is 24.0 Å². The van der Waals surface area contributed by atoms with Gasteiger partial charge in [-0.05, 0) is 25.1 Å². The Morgan fingerprint density at radius 2 is 2.05 bits per heavy atom. The van der Waals surface area contributed by atoms with Gasteiger partial charge in [-0.2, -0.15) is 0 Å². The van der Waals surface area contributed by atoms with Crippen LogP contribution in [0, 0.1) is 0 Å². The molecular weight excluding hydrogens is 340 g/mol. The third-order valence-corrected chi connectivity index (χ3v) is 3.75. The summed E-state index contributed by atoms with van der Waals surface area (Å²) >= 11 is 3.42. The number of nitrogens with one attached hydrogen (secondary N) is 2. The van der Waals surface area contributed by atoms with Crippen LogP contribution in [0.4, 0.5) is 4.79 Å². The SMILES string of the molecule is COC(=O)NC(=O)[C@@H](C)[NH+](C)Cc1cc(Br)ccc1OC. The Bertz CT molecular complexity index is 522. The molecule has 0 spiro atoms. The predicted octanol–water partition coefficient (Wildman–Crippen LogP) is 0.743. The monoisotopic (exact) mass is 359 g/mol. The molecule has 0 aliphatic heterocycles. The first-order valence-electron chi connectivity index (χ1n) is 6.42. The molecule has 0 heterocycles. The van der Waals surface area contributed by atoms with Crippen molar-refractivity contribution in [2.24, 2.45) is 0 Å². The van der Waals surface area contributed by atoms with Crippen molar-refractivity contribution >= 4 is 27.9 Å². The van der Waals surface area contributed by atoms with Crippen LogP contribution in [0.25, 0.3) is 0 Å². The molecule has 6 nitrogen and oxygen atoms in total. The van der Waals surface area contributed by atoms with Crippen LogP contribution >= 0.6 is 15.9 Å². The van der Waals surface area contributed by atoms with Gasteiger partial charge in [0.2, 0.25) is 0 Å². The zero-order valence-corrected chi connectivity index (χ0v) is 14.1. The van der Waals surface area contributed by atoms with E-state index in [9.17, 15) is 9.59 Å². The van der Waals surface area contributed by atoms with E-state index in [-0.39, 0.29) is 5.91 Å². The topological polar surface area (TPSA) is 69.1 Å². The number of carbonyl (C=O) groups is 2. The lowest BCUT2D eigenvalue weighted by Crippen LogP contribution is -3.12. The van der Waals surface area contributed by atoms with Crippen LogP contribution in [0.2, 0.25) is 0 Å². The molecule has 0 bridgehead atoms. The molecule has 0 fully saturated rings. The normalized spacial score (nSPS) is 13.2. The fraction of sp³-hybridized carbons (Fsp3) is 0.429. The van der Waals surface area contributed by atoms with E-state index in [0.29, 0.717) is 6.54 Å². The van der Waals surface area contributed by atoms with Gasteiger partial charge in [-0.1, -0.05) is 15.9 Å². The summed E-state index contributed by atoms with van der Waals surface area (Å²) < 4.78 is 10.7. The highest BCUT2D eigenvalue weighted by molar-refractivity contribution is 9.10. The number of benzene rings is 1. The maximum atomic E-state index is 11.9. The van der Waals surface area contributed by atoms with Gasteiger partial charge in [-0.15, -0.1) is 0 Å². The highest BCUT2D eigenvalue weighted by Crippen LogP contribution is 2.22. The lowest BCUT2D eigenvalue weighted by atomic mass is 10.1. The van der Waals surface area contributed by atoms with Crippen LogP contribution in [0.15, 0.2) is 22.7 Å². The molecule has 2 amide bonds. The van der Waals surface area contributed by atoms with Crippen LogP contribution in [0.1, 0.15) is 12.5 Å². The van der Waals surface area contributed by atoms with Crippen molar-refractivity contribution in [1.29, 1.82) is 0 Å². The Labute approximate surface area is 132 Å². The fourth-order valence-electron chi connectivity index (χ4n) is 1.82. The predicted molar refractivity (Wildman–Crippen MR) is 81.3 cm³/mol. The second-order valence-corrected chi connectivity index (χ2v) is 5.60. The molecule has 0 saturated carbocycles. The summed E-state index contributed by atoms with van der Waals surface area (Å²) in [7, 11) is 4.70. The van der Waals surface area contributed by atoms with E-state index in [1.54, 1.807) is 14.0 Å². The maximum absolute atomic E-state index is 11.9. The molecule has 0 aliphatic carbocycles. The van der Waals surface area contributed by atoms with Gasteiger partial charge in [0.05, 0.1) is 21.3 Å². The summed E-state index contributed by atoms with van der Waals surface area (Å²) in [6.45, 7) is 2.33. The summed E-state index contributed by atoms with van der Waals surface area (Å²) in [5.41, 5.74) is 0.974. The van der Waals surface area contributed by atoms with Crippen LogP contribution in [0.5, 0.6) is 5.75 Å². The van der Waals surface area contributed by atoms with Crippen molar-refractivity contribution in [2.45, 2.75) is 19.5 Å². The van der Waals surface area contributed by atoms with Gasteiger partial charge in [-0.25, -0.2) is 4.79 Å². The summed E-state index contributed by atoms with van der Waals surface area (Å²) in [5.74, 6) is 0.381. The van der Waals surface area contributed by atoms with Gasteiger partial charge >= 0.3 is 6.09 Å². The Hall–Kier alpha value is -1.60. The Kier molecular flexibility index (Phi) is 6.64. The molecule has 21 heavy (non-hydrogen) atoms. The summed E-state index contributed by atoms with van der Waals surface area (Å²) in [4.78, 5) is 23.9. The zero-order valence-electron chi connectivity index (χ0n) is 12.5. The molecule has 0 saturated heterocycles. The maximum Gasteiger partial charge on any atom is 0.413 e. The molecular formula is C14H20BrN2O4+. The lowest BCUT2D eigenvalue weighted by Gasteiger charge is -2.21. The molecule has 116 valence electrons. The number of amides is 2. The summed E-state index contributed by atoms with van der Waals surface area (Å²) in [6, 6.07) is 5.30. The fourth-order valence-corrected chi connectivity index (χ4v) is 2.23. The average Bonchev–Trinajstić information content (AvgIpc) is 2.46. The first kappa shape index (κ1) is 17.5. The highest BCUT2D eigenvalue weighted by Gasteiger charge is 2.24. The number of hydrogen-bond donors (Lipinski definition) is 2. The molecule has 0 aliphatic rings. The number of quaternary nitrogens is 1. The minimum absolute atomic E-state index is 0.381. The quantitative estimate of drug-likeness (QED) is 0.813. The molecule has 1 aromatic rings. The number of alkyl carbamates (subject to hydrolysis) is 1. The molecule has 1 aromatic carbocycles. The van der Waals surface area contributed by atoms with E-state index in [4.69, 9.17) is 4.74 Å². The molecule has 0 aromatic heterocycles. The molecule has 2 N–H and O–H groups in total. The number of halogens is 1. The lowest BCUT2D eigenvalue weighted by molar-refractivity contribution is -0.908. The van der Waals surface area contributed by atoms with E-state index in [0.717, 1.165) is 20.7 Å². The van der Waals surface area contributed by atoms with Crippen molar-refractivity contribution in [3.63, 3.8) is 0 Å². The van der Waals surface area contributed by atoms with Crippen molar-refractivity contribution in [3.8, 4) is 5.75 Å². The van der Waals surface area contributed by atoms with Crippen LogP contribution < -0.4 is 15.0 Å². The zero-order chi connectivity index (χ0) is 16.0. The number of likely N-dealkylation sites (N-methyl/N-ethyl adjacent to an activating group) is 1. The molecule has 7 heteroatoms. The van der Waals surface area contributed by atoms with Gasteiger partial charge in [-0.3, -0.25) is 10.1 Å². The Balaban J connectivity index is 2.76. The van der Waals surface area contributed by atoms with Crippen LogP contribution in [-0.2, 0) is 16.1 Å². The number of rotatable bonds is 5. The minimum Gasteiger partial charge on any atom is -0.496 e. The molecule has 0 radical (unpaired) electrons. The van der Waals surface area contributed by atoms with Gasteiger partial charge in [0.25, 0.3) is 5.91 Å². The third kappa shape index (κ3) is 5.02. The van der Waals surface area contributed by atoms with Gasteiger partial charge < -0.3 is 14.4 Å². The second-order valence-electron chi connectivity index (χ2n) is 4.68. The number of ether oxygens (including phenoxy) is 2. The van der Waals surface area contributed by atoms with Gasteiger partial charge in [0, 0.05) is 10.0 Å². The van der Waals surface area contributed by atoms with E-state index in [1.807, 2.05) is 25.2 Å². The third-order valence-electron chi connectivity index (χ3n) is 3.25. The minimum atomic E-state index is -0.750. The van der Waals surface area contributed by atoms with Gasteiger partial charge in [0.1, 0.15) is 12.3 Å². The highest BCUT2D eigenvalue weighted by atomic mass is 79.9. The smallest absolute Gasteiger partial charge is 0.413 e.